The molecular formula is C18H18Cl2N2O3. The highest BCUT2D eigenvalue weighted by atomic mass is 35.5. The van der Waals surface area contributed by atoms with Gasteiger partial charge in [-0.1, -0.05) is 47.5 Å². The highest BCUT2D eigenvalue weighted by Crippen LogP contribution is 2.26. The number of carbonyl (C=O) groups is 2. The monoisotopic (exact) mass is 380 g/mol. The van der Waals surface area contributed by atoms with Gasteiger partial charge in [0.25, 0.3) is 0 Å². The van der Waals surface area contributed by atoms with Gasteiger partial charge in [-0.3, -0.25) is 9.69 Å². The number of ether oxygens (including phenoxy) is 1. The van der Waals surface area contributed by atoms with Crippen LogP contribution in [0, 0.1) is 0 Å². The second-order valence-electron chi connectivity index (χ2n) is 5.47. The maximum Gasteiger partial charge on any atom is 0.339 e. The van der Waals surface area contributed by atoms with Gasteiger partial charge in [-0.15, -0.1) is 0 Å². The van der Waals surface area contributed by atoms with Crippen LogP contribution >= 0.6 is 23.2 Å². The molecule has 7 heteroatoms. The van der Waals surface area contributed by atoms with Crippen molar-refractivity contribution in [1.29, 1.82) is 0 Å². The SMILES string of the molecule is COC(=O)c1ccccc1NC(=O)CN(C)Cc1cccc(Cl)c1Cl. The van der Waals surface area contributed by atoms with Crippen LogP contribution in [0.4, 0.5) is 5.69 Å². The predicted molar refractivity (Wildman–Crippen MR) is 99.2 cm³/mol. The third kappa shape index (κ3) is 5.19. The Bertz CT molecular complexity index is 781. The Hall–Kier alpha value is -2.08. The Morgan fingerprint density at radius 2 is 1.84 bits per heavy atom. The van der Waals surface area contributed by atoms with Crippen LogP contribution in [-0.4, -0.2) is 37.5 Å². The van der Waals surface area contributed by atoms with Gasteiger partial charge in [0.15, 0.2) is 0 Å². The van der Waals surface area contributed by atoms with Gasteiger partial charge >= 0.3 is 5.97 Å². The van der Waals surface area contributed by atoms with E-state index in [0.29, 0.717) is 27.8 Å². The highest BCUT2D eigenvalue weighted by molar-refractivity contribution is 6.42. The number of nitrogens with one attached hydrogen (secondary N) is 1. The predicted octanol–water partition coefficient (Wildman–Crippen LogP) is 3.85. The topological polar surface area (TPSA) is 58.6 Å². The molecule has 0 bridgehead atoms. The van der Waals surface area contributed by atoms with Crippen molar-refractivity contribution in [2.45, 2.75) is 6.54 Å². The fourth-order valence-electron chi connectivity index (χ4n) is 2.33. The van der Waals surface area contributed by atoms with Crippen LogP contribution in [-0.2, 0) is 16.1 Å². The molecule has 0 unspecified atom stereocenters. The number of nitrogens with zero attached hydrogens (tertiary/aromatic N) is 1. The van der Waals surface area contributed by atoms with Crippen molar-refractivity contribution in [1.82, 2.24) is 4.90 Å². The summed E-state index contributed by atoms with van der Waals surface area (Å²) in [6.07, 6.45) is 0. The standard InChI is InChI=1S/C18H18Cl2N2O3/c1-22(10-12-6-5-8-14(19)17(12)20)11-16(23)21-15-9-4-3-7-13(15)18(24)25-2/h3-9H,10-11H2,1-2H3,(H,21,23). The van der Waals surface area contributed by atoms with Crippen LogP contribution < -0.4 is 5.32 Å². The molecule has 0 aromatic heterocycles. The molecule has 0 radical (unpaired) electrons. The number of likely N-dealkylation sites (N-methyl/N-ethyl adjacent to an activating group) is 1. The number of amides is 1. The summed E-state index contributed by atoms with van der Waals surface area (Å²) in [5.41, 5.74) is 1.55. The van der Waals surface area contributed by atoms with Gasteiger partial charge < -0.3 is 10.1 Å². The lowest BCUT2D eigenvalue weighted by Crippen LogP contribution is -2.30. The Morgan fingerprint density at radius 3 is 2.56 bits per heavy atom. The maximum atomic E-state index is 12.3. The van der Waals surface area contributed by atoms with E-state index < -0.39 is 5.97 Å². The summed E-state index contributed by atoms with van der Waals surface area (Å²) < 4.78 is 4.72. The molecule has 2 aromatic rings. The van der Waals surface area contributed by atoms with Crippen molar-refractivity contribution in [3.8, 4) is 0 Å². The van der Waals surface area contributed by atoms with Crippen LogP contribution in [0.1, 0.15) is 15.9 Å². The smallest absolute Gasteiger partial charge is 0.339 e. The number of methoxy groups -OCH3 is 1. The molecular weight excluding hydrogens is 363 g/mol. The van der Waals surface area contributed by atoms with E-state index in [4.69, 9.17) is 27.9 Å². The first-order valence-electron chi connectivity index (χ1n) is 7.51. The van der Waals surface area contributed by atoms with Gasteiger partial charge in [0.2, 0.25) is 5.91 Å². The Morgan fingerprint density at radius 1 is 1.12 bits per heavy atom. The second-order valence-corrected chi connectivity index (χ2v) is 6.26. The lowest BCUT2D eigenvalue weighted by atomic mass is 10.1. The number of anilines is 1. The van der Waals surface area contributed by atoms with Crippen molar-refractivity contribution in [3.63, 3.8) is 0 Å². The average Bonchev–Trinajstić information content (AvgIpc) is 2.58. The Labute approximate surface area is 156 Å². The van der Waals surface area contributed by atoms with E-state index in [9.17, 15) is 9.59 Å². The number of hydrogen-bond donors (Lipinski definition) is 1. The van der Waals surface area contributed by atoms with E-state index in [0.717, 1.165) is 5.56 Å². The normalized spacial score (nSPS) is 10.6. The van der Waals surface area contributed by atoms with Crippen molar-refractivity contribution in [2.24, 2.45) is 0 Å². The van der Waals surface area contributed by atoms with Crippen LogP contribution in [0.25, 0.3) is 0 Å². The third-order valence-electron chi connectivity index (χ3n) is 3.49. The molecule has 0 aliphatic heterocycles. The number of para-hydroxylation sites is 1. The number of carbonyl (C=O) groups excluding carboxylic acids is 2. The minimum Gasteiger partial charge on any atom is -0.465 e. The summed E-state index contributed by atoms with van der Waals surface area (Å²) in [5, 5.41) is 3.68. The van der Waals surface area contributed by atoms with Crippen molar-refractivity contribution in [2.75, 3.05) is 26.0 Å². The molecule has 132 valence electrons. The average molecular weight is 381 g/mol. The number of hydrogen-bond acceptors (Lipinski definition) is 4. The zero-order valence-electron chi connectivity index (χ0n) is 13.9. The quantitative estimate of drug-likeness (QED) is 0.773. The second kappa shape index (κ2) is 8.85. The minimum atomic E-state index is -0.505. The largest absolute Gasteiger partial charge is 0.465 e. The molecule has 1 N–H and O–H groups in total. The molecule has 2 rings (SSSR count). The lowest BCUT2D eigenvalue weighted by molar-refractivity contribution is -0.117. The van der Waals surface area contributed by atoms with E-state index >= 15 is 0 Å². The van der Waals surface area contributed by atoms with Gasteiger partial charge in [-0.05, 0) is 30.8 Å². The lowest BCUT2D eigenvalue weighted by Gasteiger charge is -2.18. The molecule has 0 heterocycles. The summed E-state index contributed by atoms with van der Waals surface area (Å²) in [6, 6.07) is 12.1. The Balaban J connectivity index is 2.01. The molecule has 0 saturated carbocycles. The van der Waals surface area contributed by atoms with Crippen molar-refractivity contribution >= 4 is 40.8 Å². The van der Waals surface area contributed by atoms with Crippen molar-refractivity contribution in [3.05, 3.63) is 63.6 Å². The zero-order chi connectivity index (χ0) is 18.4. The number of rotatable bonds is 6. The maximum absolute atomic E-state index is 12.3. The van der Waals surface area contributed by atoms with E-state index in [1.165, 1.54) is 7.11 Å². The summed E-state index contributed by atoms with van der Waals surface area (Å²) >= 11 is 12.2. The zero-order valence-corrected chi connectivity index (χ0v) is 15.4. The van der Waals surface area contributed by atoms with Crippen LogP contribution in [0.2, 0.25) is 10.0 Å². The van der Waals surface area contributed by atoms with Crippen LogP contribution in [0.3, 0.4) is 0 Å². The van der Waals surface area contributed by atoms with E-state index in [2.05, 4.69) is 5.32 Å². The highest BCUT2D eigenvalue weighted by Gasteiger charge is 2.15. The molecule has 0 aliphatic rings. The summed E-state index contributed by atoms with van der Waals surface area (Å²) in [7, 11) is 3.09. The summed E-state index contributed by atoms with van der Waals surface area (Å²) in [4.78, 5) is 25.8. The van der Waals surface area contributed by atoms with Gasteiger partial charge in [-0.25, -0.2) is 4.79 Å². The van der Waals surface area contributed by atoms with Crippen LogP contribution in [0.5, 0.6) is 0 Å². The number of halogens is 2. The molecule has 5 nitrogen and oxygen atoms in total. The molecule has 0 spiro atoms. The van der Waals surface area contributed by atoms with Gasteiger partial charge in [0.1, 0.15) is 0 Å². The summed E-state index contributed by atoms with van der Waals surface area (Å²) in [6.45, 7) is 0.587. The summed E-state index contributed by atoms with van der Waals surface area (Å²) in [5.74, 6) is -0.757. The van der Waals surface area contributed by atoms with E-state index in [1.807, 2.05) is 12.1 Å². The first-order valence-corrected chi connectivity index (χ1v) is 8.26. The molecule has 0 saturated heterocycles. The first-order chi connectivity index (χ1) is 11.9. The van der Waals surface area contributed by atoms with Crippen LogP contribution in [0.15, 0.2) is 42.5 Å². The molecule has 25 heavy (non-hydrogen) atoms. The minimum absolute atomic E-state index is 0.123. The Kier molecular flexibility index (Phi) is 6.82. The van der Waals surface area contributed by atoms with E-state index in [1.54, 1.807) is 42.3 Å². The van der Waals surface area contributed by atoms with Gasteiger partial charge in [-0.2, -0.15) is 0 Å². The van der Waals surface area contributed by atoms with Gasteiger partial charge in [0, 0.05) is 6.54 Å². The molecule has 0 atom stereocenters. The molecule has 0 fully saturated rings. The molecule has 2 aromatic carbocycles. The number of esters is 1. The third-order valence-corrected chi connectivity index (χ3v) is 4.35. The fraction of sp³-hybridized carbons (Fsp3) is 0.222. The fourth-order valence-corrected chi connectivity index (χ4v) is 2.71. The molecule has 1 amide bonds. The van der Waals surface area contributed by atoms with Crippen molar-refractivity contribution < 1.29 is 14.3 Å². The van der Waals surface area contributed by atoms with Gasteiger partial charge in [0.05, 0.1) is 35.0 Å². The number of benzene rings is 2. The van der Waals surface area contributed by atoms with E-state index in [-0.39, 0.29) is 12.5 Å². The molecule has 0 aliphatic carbocycles. The first kappa shape index (κ1) is 19.2.